The lowest BCUT2D eigenvalue weighted by Crippen LogP contribution is -2.48. The van der Waals surface area contributed by atoms with Crippen molar-refractivity contribution < 1.29 is 17.4 Å². The molecule has 0 radical (unpaired) electrons. The maximum Gasteiger partial charge on any atom is 0.218 e. The lowest BCUT2D eigenvalue weighted by Gasteiger charge is -2.33. The van der Waals surface area contributed by atoms with Gasteiger partial charge in [0.15, 0.2) is 5.76 Å². The molecule has 0 saturated carbocycles. The molecule has 1 fully saturated rings. The Morgan fingerprint density at radius 3 is 2.44 bits per heavy atom. The van der Waals surface area contributed by atoms with Crippen LogP contribution in [0.25, 0.3) is 11.5 Å². The summed E-state index contributed by atoms with van der Waals surface area (Å²) in [6.45, 7) is 2.92. The van der Waals surface area contributed by atoms with E-state index in [9.17, 15) is 8.42 Å². The molecule has 1 saturated heterocycles. The van der Waals surface area contributed by atoms with Gasteiger partial charge in [-0.15, -0.1) is 0 Å². The van der Waals surface area contributed by atoms with Crippen molar-refractivity contribution in [3.05, 3.63) is 66.1 Å². The van der Waals surface area contributed by atoms with Crippen molar-refractivity contribution in [1.29, 1.82) is 0 Å². The summed E-state index contributed by atoms with van der Waals surface area (Å²) in [6, 6.07) is 14.8. The highest BCUT2D eigenvalue weighted by atomic mass is 32.2. The minimum Gasteiger partial charge on any atom is -0.461 e. The first kappa shape index (κ1) is 18.0. The van der Waals surface area contributed by atoms with Gasteiger partial charge in [-0.2, -0.15) is 4.31 Å². The van der Waals surface area contributed by atoms with Crippen LogP contribution in [0.3, 0.4) is 0 Å². The van der Waals surface area contributed by atoms with Crippen LogP contribution in [0.4, 0.5) is 0 Å². The molecule has 0 aliphatic carbocycles. The van der Waals surface area contributed by atoms with E-state index in [0.717, 1.165) is 11.3 Å². The summed E-state index contributed by atoms with van der Waals surface area (Å²) in [7, 11) is -3.30. The van der Waals surface area contributed by atoms with Crippen molar-refractivity contribution in [3.8, 4) is 11.5 Å². The van der Waals surface area contributed by atoms with E-state index >= 15 is 0 Å². The van der Waals surface area contributed by atoms with Crippen LogP contribution in [-0.2, 0) is 22.3 Å². The highest BCUT2D eigenvalue weighted by Crippen LogP contribution is 2.22. The largest absolute Gasteiger partial charge is 0.461 e. The molecule has 1 aromatic carbocycles. The van der Waals surface area contributed by atoms with Crippen LogP contribution < -0.4 is 0 Å². The third kappa shape index (κ3) is 4.29. The van der Waals surface area contributed by atoms with Crippen LogP contribution >= 0.6 is 0 Å². The zero-order valence-electron chi connectivity index (χ0n) is 14.8. The van der Waals surface area contributed by atoms with Crippen molar-refractivity contribution in [2.24, 2.45) is 0 Å². The molecule has 0 N–H and O–H groups in total. The second-order valence-electron chi connectivity index (χ2n) is 6.58. The Balaban J connectivity index is 1.32. The first-order valence-corrected chi connectivity index (χ1v) is 10.4. The third-order valence-corrected chi connectivity index (χ3v) is 6.48. The number of hydrogen-bond acceptors (Lipinski definition) is 6. The number of hydrogen-bond donors (Lipinski definition) is 0. The van der Waals surface area contributed by atoms with Crippen LogP contribution in [0.5, 0.6) is 0 Å². The van der Waals surface area contributed by atoms with E-state index in [1.54, 1.807) is 16.6 Å². The number of furan rings is 1. The molecule has 142 valence electrons. The number of benzene rings is 1. The Kier molecular flexibility index (Phi) is 5.11. The monoisotopic (exact) mass is 387 g/mol. The molecule has 3 heterocycles. The highest BCUT2D eigenvalue weighted by Gasteiger charge is 2.27. The summed E-state index contributed by atoms with van der Waals surface area (Å²) in [6.07, 6.45) is 1.59. The summed E-state index contributed by atoms with van der Waals surface area (Å²) in [4.78, 5) is 2.18. The zero-order chi connectivity index (χ0) is 18.7. The molecule has 0 unspecified atom stereocenters. The normalized spacial score (nSPS) is 16.6. The van der Waals surface area contributed by atoms with E-state index in [-0.39, 0.29) is 5.75 Å². The number of aromatic nitrogens is 1. The molecule has 1 aliphatic heterocycles. The Hall–Kier alpha value is -2.42. The molecular weight excluding hydrogens is 366 g/mol. The van der Waals surface area contributed by atoms with Crippen molar-refractivity contribution in [2.75, 3.05) is 26.2 Å². The number of nitrogens with zero attached hydrogens (tertiary/aromatic N) is 3. The molecule has 8 heteroatoms. The molecule has 1 aliphatic rings. The van der Waals surface area contributed by atoms with E-state index in [4.69, 9.17) is 8.94 Å². The molecule has 2 aromatic heterocycles. The minimum absolute atomic E-state index is 0.0453. The van der Waals surface area contributed by atoms with Crippen molar-refractivity contribution in [3.63, 3.8) is 0 Å². The third-order valence-electron chi connectivity index (χ3n) is 4.63. The van der Waals surface area contributed by atoms with E-state index in [1.165, 1.54) is 0 Å². The zero-order valence-corrected chi connectivity index (χ0v) is 15.6. The molecule has 27 heavy (non-hydrogen) atoms. The molecular formula is C19H21N3O4S. The van der Waals surface area contributed by atoms with Crippen LogP contribution in [0.2, 0.25) is 0 Å². The molecule has 7 nitrogen and oxygen atoms in total. The lowest BCUT2D eigenvalue weighted by atomic mass is 10.2. The summed E-state index contributed by atoms with van der Waals surface area (Å²) in [5, 5.41) is 4.08. The molecule has 0 amide bonds. The summed E-state index contributed by atoms with van der Waals surface area (Å²) < 4.78 is 37.4. The molecule has 4 rings (SSSR count). The second-order valence-corrected chi connectivity index (χ2v) is 8.55. The fourth-order valence-corrected chi connectivity index (χ4v) is 4.71. The van der Waals surface area contributed by atoms with E-state index < -0.39 is 10.0 Å². The van der Waals surface area contributed by atoms with Crippen molar-refractivity contribution in [1.82, 2.24) is 14.4 Å². The van der Waals surface area contributed by atoms with Crippen LogP contribution in [0, 0.1) is 0 Å². The van der Waals surface area contributed by atoms with Gasteiger partial charge in [0.2, 0.25) is 15.8 Å². The van der Waals surface area contributed by atoms with Gasteiger partial charge in [-0.05, 0) is 17.7 Å². The fourth-order valence-electron chi connectivity index (χ4n) is 3.19. The number of piperazine rings is 1. The summed E-state index contributed by atoms with van der Waals surface area (Å²) in [5.74, 6) is 1.29. The van der Waals surface area contributed by atoms with Gasteiger partial charge >= 0.3 is 0 Å². The van der Waals surface area contributed by atoms with Gasteiger partial charge < -0.3 is 8.94 Å². The van der Waals surface area contributed by atoms with E-state index in [2.05, 4.69) is 10.1 Å². The molecule has 3 aromatic rings. The average molecular weight is 387 g/mol. The first-order valence-electron chi connectivity index (χ1n) is 8.84. The Labute approximate surface area is 158 Å². The quantitative estimate of drug-likeness (QED) is 0.647. The smallest absolute Gasteiger partial charge is 0.218 e. The van der Waals surface area contributed by atoms with E-state index in [0.29, 0.717) is 44.2 Å². The fraction of sp³-hybridized carbons (Fsp3) is 0.316. The predicted octanol–water partition coefficient (Wildman–Crippen LogP) is 2.58. The predicted molar refractivity (Wildman–Crippen MR) is 100 cm³/mol. The van der Waals surface area contributed by atoms with Gasteiger partial charge in [0.05, 0.1) is 17.7 Å². The maximum absolute atomic E-state index is 12.6. The summed E-state index contributed by atoms with van der Waals surface area (Å²) >= 11 is 0. The maximum atomic E-state index is 12.6. The first-order chi connectivity index (χ1) is 13.1. The van der Waals surface area contributed by atoms with Gasteiger partial charge in [-0.3, -0.25) is 4.90 Å². The number of sulfonamides is 1. The van der Waals surface area contributed by atoms with Crippen molar-refractivity contribution >= 4 is 10.0 Å². The van der Waals surface area contributed by atoms with Crippen molar-refractivity contribution in [2.45, 2.75) is 12.3 Å². The SMILES string of the molecule is O=S(=O)(Cc1ccccc1)N1CCN(Cc2cc(-c3ccco3)on2)CC1. The number of rotatable bonds is 6. The lowest BCUT2D eigenvalue weighted by molar-refractivity contribution is 0.177. The Bertz CT molecular complexity index is 960. The second kappa shape index (κ2) is 7.67. The van der Waals surface area contributed by atoms with Gasteiger partial charge in [0.25, 0.3) is 0 Å². The average Bonchev–Trinajstić information content (AvgIpc) is 3.34. The van der Waals surface area contributed by atoms with Gasteiger partial charge in [-0.25, -0.2) is 8.42 Å². The van der Waals surface area contributed by atoms with Gasteiger partial charge in [-0.1, -0.05) is 35.5 Å². The molecule has 0 atom stereocenters. The Morgan fingerprint density at radius 2 is 1.74 bits per heavy atom. The van der Waals surface area contributed by atoms with Crippen LogP contribution in [0.1, 0.15) is 11.3 Å². The minimum atomic E-state index is -3.30. The van der Waals surface area contributed by atoms with E-state index in [1.807, 2.05) is 42.5 Å². The van der Waals surface area contributed by atoms with Crippen LogP contribution in [-0.4, -0.2) is 49.0 Å². The Morgan fingerprint density at radius 1 is 0.963 bits per heavy atom. The standard InChI is InChI=1S/C19H21N3O4S/c23-27(24,15-16-5-2-1-3-6-16)22-10-8-21(9-11-22)14-17-13-19(26-20-17)18-7-4-12-25-18/h1-7,12-13H,8-11,14-15H2. The summed E-state index contributed by atoms with van der Waals surface area (Å²) in [5.41, 5.74) is 1.62. The van der Waals surface area contributed by atoms with Gasteiger partial charge in [0.1, 0.15) is 0 Å². The topological polar surface area (TPSA) is 79.8 Å². The van der Waals surface area contributed by atoms with Crippen LogP contribution in [0.15, 0.2) is 63.7 Å². The molecule has 0 bridgehead atoms. The highest BCUT2D eigenvalue weighted by molar-refractivity contribution is 7.88. The van der Waals surface area contributed by atoms with Gasteiger partial charge in [0, 0.05) is 38.8 Å². The molecule has 0 spiro atoms.